The molecule has 4 heteroatoms. The van der Waals surface area contributed by atoms with Crippen LogP contribution in [-0.4, -0.2) is 22.9 Å². The van der Waals surface area contributed by atoms with Crippen LogP contribution in [0.3, 0.4) is 0 Å². The summed E-state index contributed by atoms with van der Waals surface area (Å²) in [6, 6.07) is 14.5. The topological polar surface area (TPSA) is 20.3 Å². The number of halogens is 2. The second-order valence-corrected chi connectivity index (χ2v) is 7.26. The van der Waals surface area contributed by atoms with Gasteiger partial charge in [-0.2, -0.15) is 0 Å². The molecule has 2 nitrogen and oxygen atoms in total. The third-order valence-corrected chi connectivity index (χ3v) is 5.62. The molecule has 2 aliphatic heterocycles. The van der Waals surface area contributed by atoms with E-state index in [-0.39, 0.29) is 23.8 Å². The molecule has 0 spiro atoms. The van der Waals surface area contributed by atoms with Crippen LogP contribution in [0.2, 0.25) is 5.02 Å². The number of amides is 1. The van der Waals surface area contributed by atoms with Crippen molar-refractivity contribution >= 4 is 17.5 Å². The lowest BCUT2D eigenvalue weighted by Gasteiger charge is -2.39. The highest BCUT2D eigenvalue weighted by Crippen LogP contribution is 2.43. The number of nitrogens with zero attached hydrogens (tertiary/aromatic N) is 1. The predicted octanol–water partition coefficient (Wildman–Crippen LogP) is 5.03. The summed E-state index contributed by atoms with van der Waals surface area (Å²) in [7, 11) is 0. The zero-order chi connectivity index (χ0) is 16.7. The molecule has 0 saturated carbocycles. The number of hydrogen-bond acceptors (Lipinski definition) is 1. The van der Waals surface area contributed by atoms with Gasteiger partial charge in [-0.1, -0.05) is 29.8 Å². The highest BCUT2D eigenvalue weighted by molar-refractivity contribution is 6.30. The highest BCUT2D eigenvalue weighted by Gasteiger charge is 2.43. The molecule has 4 rings (SSSR count). The minimum absolute atomic E-state index is 0.0857. The van der Waals surface area contributed by atoms with Gasteiger partial charge < -0.3 is 4.90 Å². The van der Waals surface area contributed by atoms with Gasteiger partial charge in [0, 0.05) is 22.7 Å². The second-order valence-electron chi connectivity index (χ2n) is 6.83. The van der Waals surface area contributed by atoms with Crippen LogP contribution in [0.4, 0.5) is 4.39 Å². The average Bonchev–Trinajstić information content (AvgIpc) is 2.84. The Kier molecular flexibility index (Phi) is 4.05. The lowest BCUT2D eigenvalue weighted by atomic mass is 9.85. The van der Waals surface area contributed by atoms with Gasteiger partial charge in [-0.15, -0.1) is 0 Å². The van der Waals surface area contributed by atoms with E-state index < -0.39 is 0 Å². The van der Waals surface area contributed by atoms with Gasteiger partial charge in [0.2, 0.25) is 0 Å². The molecule has 2 fully saturated rings. The lowest BCUT2D eigenvalue weighted by molar-refractivity contribution is 0.0571. The van der Waals surface area contributed by atoms with Crippen LogP contribution >= 0.6 is 11.6 Å². The quantitative estimate of drug-likeness (QED) is 0.749. The third kappa shape index (κ3) is 2.82. The Balaban J connectivity index is 1.55. The summed E-state index contributed by atoms with van der Waals surface area (Å²) in [5.74, 6) is 0.296. The van der Waals surface area contributed by atoms with Crippen molar-refractivity contribution in [3.8, 4) is 0 Å². The van der Waals surface area contributed by atoms with Crippen molar-refractivity contribution in [3.05, 3.63) is 70.5 Å². The van der Waals surface area contributed by atoms with Gasteiger partial charge in [0.15, 0.2) is 0 Å². The van der Waals surface area contributed by atoms with Crippen molar-refractivity contribution in [2.75, 3.05) is 0 Å². The van der Waals surface area contributed by atoms with Crippen LogP contribution in [-0.2, 0) is 0 Å². The van der Waals surface area contributed by atoms with E-state index in [0.717, 1.165) is 25.7 Å². The van der Waals surface area contributed by atoms with Gasteiger partial charge in [-0.3, -0.25) is 4.79 Å². The van der Waals surface area contributed by atoms with E-state index in [2.05, 4.69) is 4.90 Å². The van der Waals surface area contributed by atoms with E-state index in [1.807, 2.05) is 24.3 Å². The molecule has 2 saturated heterocycles. The monoisotopic (exact) mass is 343 g/mol. The Morgan fingerprint density at radius 1 is 1.04 bits per heavy atom. The second kappa shape index (κ2) is 6.21. The van der Waals surface area contributed by atoms with Gasteiger partial charge in [0.1, 0.15) is 5.82 Å². The first-order valence-corrected chi connectivity index (χ1v) is 8.83. The molecule has 1 amide bonds. The molecule has 0 unspecified atom stereocenters. The summed E-state index contributed by atoms with van der Waals surface area (Å²) in [6.45, 7) is 0. The molecule has 2 aromatic rings. The van der Waals surface area contributed by atoms with Crippen LogP contribution in [0.5, 0.6) is 0 Å². The molecule has 2 bridgehead atoms. The van der Waals surface area contributed by atoms with Crippen molar-refractivity contribution in [1.29, 1.82) is 0 Å². The standard InChI is InChI=1S/C20H19ClFNO/c21-16-3-1-2-14(10-16)20(24)23-18-8-9-19(23)12-15(11-18)13-4-6-17(22)7-5-13/h1-7,10,15,18-19H,8-9,11-12H2/t15-,18+,19-. The van der Waals surface area contributed by atoms with Crippen molar-refractivity contribution < 1.29 is 9.18 Å². The molecular weight excluding hydrogens is 325 g/mol. The molecule has 2 heterocycles. The largest absolute Gasteiger partial charge is 0.333 e. The molecule has 3 atom stereocenters. The molecule has 2 aromatic carbocycles. The number of fused-ring (bicyclic) bond motifs is 2. The molecule has 24 heavy (non-hydrogen) atoms. The van der Waals surface area contributed by atoms with E-state index >= 15 is 0 Å². The maximum absolute atomic E-state index is 13.1. The number of carbonyl (C=O) groups is 1. The Bertz CT molecular complexity index is 746. The van der Waals surface area contributed by atoms with Gasteiger partial charge in [-0.25, -0.2) is 4.39 Å². The summed E-state index contributed by atoms with van der Waals surface area (Å²) in [5, 5.41) is 0.592. The van der Waals surface area contributed by atoms with Gasteiger partial charge >= 0.3 is 0 Å². The summed E-state index contributed by atoms with van der Waals surface area (Å²) in [5.41, 5.74) is 1.85. The Morgan fingerprint density at radius 2 is 1.71 bits per heavy atom. The number of piperidine rings is 1. The molecule has 0 N–H and O–H groups in total. The summed E-state index contributed by atoms with van der Waals surface area (Å²) in [6.07, 6.45) is 4.01. The van der Waals surface area contributed by atoms with E-state index in [1.54, 1.807) is 12.1 Å². The number of benzene rings is 2. The van der Waals surface area contributed by atoms with Crippen LogP contribution in [0, 0.1) is 5.82 Å². The van der Waals surface area contributed by atoms with Gasteiger partial charge in [-0.05, 0) is 67.5 Å². The Morgan fingerprint density at radius 3 is 2.33 bits per heavy atom. The van der Waals surface area contributed by atoms with Crippen molar-refractivity contribution in [2.24, 2.45) is 0 Å². The predicted molar refractivity (Wildman–Crippen MR) is 92.8 cm³/mol. The maximum Gasteiger partial charge on any atom is 0.254 e. The van der Waals surface area contributed by atoms with Crippen LogP contribution in [0.15, 0.2) is 48.5 Å². The Hall–Kier alpha value is -1.87. The molecular formula is C20H19ClFNO. The first-order valence-electron chi connectivity index (χ1n) is 8.45. The van der Waals surface area contributed by atoms with Crippen molar-refractivity contribution in [3.63, 3.8) is 0 Å². The minimum Gasteiger partial charge on any atom is -0.333 e. The zero-order valence-corrected chi connectivity index (χ0v) is 14.0. The first kappa shape index (κ1) is 15.6. The van der Waals surface area contributed by atoms with Crippen LogP contribution in [0.25, 0.3) is 0 Å². The summed E-state index contributed by atoms with van der Waals surface area (Å²) < 4.78 is 13.1. The first-order chi connectivity index (χ1) is 11.6. The van der Waals surface area contributed by atoms with E-state index in [1.165, 1.54) is 17.7 Å². The number of carbonyl (C=O) groups excluding carboxylic acids is 1. The maximum atomic E-state index is 13.1. The Labute approximate surface area is 146 Å². The van der Waals surface area contributed by atoms with Gasteiger partial charge in [0.25, 0.3) is 5.91 Å². The van der Waals surface area contributed by atoms with Crippen molar-refractivity contribution in [2.45, 2.75) is 43.7 Å². The fourth-order valence-corrected chi connectivity index (χ4v) is 4.48. The van der Waals surface area contributed by atoms with Crippen LogP contribution in [0.1, 0.15) is 47.5 Å². The summed E-state index contributed by atoms with van der Waals surface area (Å²) in [4.78, 5) is 15.0. The lowest BCUT2D eigenvalue weighted by Crippen LogP contribution is -2.46. The molecule has 2 aliphatic rings. The minimum atomic E-state index is -0.199. The molecule has 0 radical (unpaired) electrons. The van der Waals surface area contributed by atoms with Gasteiger partial charge in [0.05, 0.1) is 0 Å². The molecule has 124 valence electrons. The number of hydrogen-bond donors (Lipinski definition) is 0. The fraction of sp³-hybridized carbons (Fsp3) is 0.350. The smallest absolute Gasteiger partial charge is 0.254 e. The molecule has 0 aromatic heterocycles. The fourth-order valence-electron chi connectivity index (χ4n) is 4.29. The van der Waals surface area contributed by atoms with E-state index in [9.17, 15) is 9.18 Å². The average molecular weight is 344 g/mol. The normalized spacial score (nSPS) is 25.8. The highest BCUT2D eigenvalue weighted by atomic mass is 35.5. The summed E-state index contributed by atoms with van der Waals surface area (Å²) >= 11 is 6.03. The van der Waals surface area contributed by atoms with E-state index in [4.69, 9.17) is 11.6 Å². The van der Waals surface area contributed by atoms with Crippen molar-refractivity contribution in [1.82, 2.24) is 4.90 Å². The number of rotatable bonds is 2. The third-order valence-electron chi connectivity index (χ3n) is 5.38. The van der Waals surface area contributed by atoms with E-state index in [0.29, 0.717) is 16.5 Å². The zero-order valence-electron chi connectivity index (χ0n) is 13.3. The van der Waals surface area contributed by atoms with Crippen LogP contribution < -0.4 is 0 Å². The SMILES string of the molecule is O=C(c1cccc(Cl)c1)N1[C@@H]2CC[C@H]1C[C@@H](c1ccc(F)cc1)C2. The molecule has 0 aliphatic carbocycles.